The first-order valence-corrected chi connectivity index (χ1v) is 9.37. The average Bonchev–Trinajstić information content (AvgIpc) is 3.13. The van der Waals surface area contributed by atoms with Crippen molar-refractivity contribution < 1.29 is 14.3 Å². The fourth-order valence-electron chi connectivity index (χ4n) is 2.66. The summed E-state index contributed by atoms with van der Waals surface area (Å²) in [6.07, 6.45) is 2.36. The molecule has 24 heavy (non-hydrogen) atoms. The maximum Gasteiger partial charge on any atom is 0.230 e. The first-order chi connectivity index (χ1) is 11.5. The highest BCUT2D eigenvalue weighted by Crippen LogP contribution is 2.29. The molecule has 0 aromatic heterocycles. The Morgan fingerprint density at radius 1 is 1.33 bits per heavy atom. The summed E-state index contributed by atoms with van der Waals surface area (Å²) >= 11 is 6.81. The molecule has 1 saturated heterocycles. The highest BCUT2D eigenvalue weighted by Gasteiger charge is 2.18. The molecule has 1 N–H and O–H groups in total. The third-order valence-corrected chi connectivity index (χ3v) is 5.50. The quantitative estimate of drug-likeness (QED) is 0.779. The highest BCUT2D eigenvalue weighted by molar-refractivity contribution is 8.23. The van der Waals surface area contributed by atoms with Gasteiger partial charge in [-0.05, 0) is 38.0 Å². The molecule has 0 bridgehead atoms. The van der Waals surface area contributed by atoms with Gasteiger partial charge in [-0.1, -0.05) is 24.0 Å². The third kappa shape index (κ3) is 5.01. The fourth-order valence-corrected chi connectivity index (χ4v) is 3.72. The van der Waals surface area contributed by atoms with Gasteiger partial charge in [-0.15, -0.1) is 0 Å². The molecule has 2 rings (SSSR count). The summed E-state index contributed by atoms with van der Waals surface area (Å²) in [5.74, 6) is 1.74. The number of hydrogen-bond donors (Lipinski definition) is 1. The molecule has 1 aromatic rings. The first-order valence-electron chi connectivity index (χ1n) is 7.98. The van der Waals surface area contributed by atoms with Crippen LogP contribution in [0.2, 0.25) is 0 Å². The second kappa shape index (κ2) is 9.13. The van der Waals surface area contributed by atoms with Crippen LogP contribution in [0.15, 0.2) is 18.2 Å². The van der Waals surface area contributed by atoms with Gasteiger partial charge in [0, 0.05) is 18.7 Å². The first kappa shape index (κ1) is 18.9. The normalized spacial score (nSPS) is 15.0. The van der Waals surface area contributed by atoms with Crippen molar-refractivity contribution in [3.63, 3.8) is 0 Å². The summed E-state index contributed by atoms with van der Waals surface area (Å²) in [4.78, 5) is 14.4. The summed E-state index contributed by atoms with van der Waals surface area (Å²) in [5, 5.41) is 2.99. The second-order valence-electron chi connectivity index (χ2n) is 5.65. The number of benzene rings is 1. The van der Waals surface area contributed by atoms with E-state index in [9.17, 15) is 4.79 Å². The van der Waals surface area contributed by atoms with Crippen molar-refractivity contribution in [2.45, 2.75) is 25.8 Å². The van der Waals surface area contributed by atoms with Crippen LogP contribution in [0.5, 0.6) is 11.5 Å². The van der Waals surface area contributed by atoms with Gasteiger partial charge < -0.3 is 19.7 Å². The zero-order chi connectivity index (χ0) is 17.5. The molecular weight excluding hydrogens is 344 g/mol. The number of carbonyl (C=O) groups excluding carboxylic acids is 1. The average molecular weight is 369 g/mol. The lowest BCUT2D eigenvalue weighted by Crippen LogP contribution is -2.30. The molecule has 0 unspecified atom stereocenters. The molecule has 1 fully saturated rings. The molecule has 1 heterocycles. The molecule has 0 saturated carbocycles. The number of rotatable bonds is 6. The van der Waals surface area contributed by atoms with Crippen LogP contribution in [0.25, 0.3) is 0 Å². The molecule has 1 aromatic carbocycles. The van der Waals surface area contributed by atoms with Gasteiger partial charge in [0.2, 0.25) is 5.91 Å². The summed E-state index contributed by atoms with van der Waals surface area (Å²) in [6, 6.07) is 5.38. The molecular formula is C17H24N2O3S2. The van der Waals surface area contributed by atoms with E-state index in [1.54, 1.807) is 14.2 Å². The Labute approximate surface area is 153 Å². The summed E-state index contributed by atoms with van der Waals surface area (Å²) < 4.78 is 11.4. The van der Waals surface area contributed by atoms with Gasteiger partial charge in [0.15, 0.2) is 0 Å². The highest BCUT2D eigenvalue weighted by atomic mass is 32.2. The zero-order valence-corrected chi connectivity index (χ0v) is 16.0. The molecule has 1 atom stereocenters. The summed E-state index contributed by atoms with van der Waals surface area (Å²) in [7, 11) is 3.23. The molecule has 1 aliphatic heterocycles. The number of likely N-dealkylation sites (tertiary alicyclic amines) is 1. The predicted molar refractivity (Wildman–Crippen MR) is 102 cm³/mol. The van der Waals surface area contributed by atoms with Crippen LogP contribution in [0.1, 0.15) is 31.4 Å². The van der Waals surface area contributed by atoms with E-state index in [0.717, 1.165) is 34.5 Å². The smallest absolute Gasteiger partial charge is 0.230 e. The standard InChI is InChI=1S/C17H24N2O3S2/c1-12(14-10-13(21-2)6-7-15(14)22-3)18-16(20)11-24-17(23)19-8-4-5-9-19/h6-7,10,12H,4-5,8-9,11H2,1-3H3,(H,18,20)/t12-/m0/s1. The number of methoxy groups -OCH3 is 2. The molecule has 132 valence electrons. The van der Waals surface area contributed by atoms with Crippen molar-refractivity contribution in [1.82, 2.24) is 10.2 Å². The van der Waals surface area contributed by atoms with Crippen LogP contribution in [0, 0.1) is 0 Å². The molecule has 7 heteroatoms. The predicted octanol–water partition coefficient (Wildman–Crippen LogP) is 2.99. The minimum absolute atomic E-state index is 0.0427. The van der Waals surface area contributed by atoms with Crippen molar-refractivity contribution in [1.29, 1.82) is 0 Å². The van der Waals surface area contributed by atoms with Gasteiger partial charge in [-0.25, -0.2) is 0 Å². The van der Waals surface area contributed by atoms with E-state index in [-0.39, 0.29) is 11.9 Å². The van der Waals surface area contributed by atoms with Crippen molar-refractivity contribution in [3.05, 3.63) is 23.8 Å². The van der Waals surface area contributed by atoms with Crippen molar-refractivity contribution in [2.75, 3.05) is 33.1 Å². The van der Waals surface area contributed by atoms with E-state index in [4.69, 9.17) is 21.7 Å². The molecule has 1 aliphatic rings. The largest absolute Gasteiger partial charge is 0.497 e. The van der Waals surface area contributed by atoms with E-state index in [2.05, 4.69) is 10.2 Å². The Kier molecular flexibility index (Phi) is 7.17. The van der Waals surface area contributed by atoms with Crippen LogP contribution in [0.4, 0.5) is 0 Å². The maximum atomic E-state index is 12.2. The van der Waals surface area contributed by atoms with Crippen LogP contribution in [-0.4, -0.2) is 48.2 Å². The number of amides is 1. The SMILES string of the molecule is COc1ccc(OC)c([C@H](C)NC(=O)CSC(=S)N2CCCC2)c1. The Morgan fingerprint density at radius 2 is 2.04 bits per heavy atom. The van der Waals surface area contributed by atoms with E-state index in [0.29, 0.717) is 5.75 Å². The van der Waals surface area contributed by atoms with Crippen molar-refractivity contribution in [2.24, 2.45) is 0 Å². The van der Waals surface area contributed by atoms with Crippen molar-refractivity contribution in [3.8, 4) is 11.5 Å². The number of carbonyl (C=O) groups is 1. The van der Waals surface area contributed by atoms with Crippen molar-refractivity contribution >= 4 is 34.2 Å². The van der Waals surface area contributed by atoms with Crippen LogP contribution >= 0.6 is 24.0 Å². The number of nitrogens with zero attached hydrogens (tertiary/aromatic N) is 1. The number of ether oxygens (including phenoxy) is 2. The van der Waals surface area contributed by atoms with Crippen LogP contribution in [0.3, 0.4) is 0 Å². The lowest BCUT2D eigenvalue weighted by atomic mass is 10.1. The number of thioether (sulfide) groups is 1. The van der Waals surface area contributed by atoms with Gasteiger partial charge in [0.1, 0.15) is 15.8 Å². The third-order valence-electron chi connectivity index (χ3n) is 3.97. The second-order valence-corrected chi connectivity index (χ2v) is 7.25. The number of hydrogen-bond acceptors (Lipinski definition) is 5. The molecule has 0 aliphatic carbocycles. The lowest BCUT2D eigenvalue weighted by molar-refractivity contribution is -0.119. The summed E-state index contributed by atoms with van der Waals surface area (Å²) in [6.45, 7) is 3.94. The lowest BCUT2D eigenvalue weighted by Gasteiger charge is -2.20. The summed E-state index contributed by atoms with van der Waals surface area (Å²) in [5.41, 5.74) is 0.886. The monoisotopic (exact) mass is 368 g/mol. The molecule has 0 spiro atoms. The van der Waals surface area contributed by atoms with Gasteiger partial charge in [-0.3, -0.25) is 4.79 Å². The number of nitrogens with one attached hydrogen (secondary N) is 1. The Morgan fingerprint density at radius 3 is 2.67 bits per heavy atom. The van der Waals surface area contributed by atoms with Gasteiger partial charge in [0.05, 0.1) is 26.0 Å². The topological polar surface area (TPSA) is 50.8 Å². The van der Waals surface area contributed by atoms with Crippen LogP contribution in [-0.2, 0) is 4.79 Å². The Balaban J connectivity index is 1.90. The number of thiocarbonyl (C=S) groups is 1. The van der Waals surface area contributed by atoms with Crippen LogP contribution < -0.4 is 14.8 Å². The van der Waals surface area contributed by atoms with E-state index in [1.807, 2.05) is 25.1 Å². The maximum absolute atomic E-state index is 12.2. The Hall–Kier alpha value is -1.47. The minimum atomic E-state index is -0.177. The molecule has 1 amide bonds. The minimum Gasteiger partial charge on any atom is -0.497 e. The van der Waals surface area contributed by atoms with E-state index in [1.165, 1.54) is 24.6 Å². The van der Waals surface area contributed by atoms with Gasteiger partial charge in [0.25, 0.3) is 0 Å². The van der Waals surface area contributed by atoms with E-state index < -0.39 is 0 Å². The zero-order valence-electron chi connectivity index (χ0n) is 14.3. The van der Waals surface area contributed by atoms with Gasteiger partial charge in [-0.2, -0.15) is 0 Å². The fraction of sp³-hybridized carbons (Fsp3) is 0.529. The van der Waals surface area contributed by atoms with Gasteiger partial charge >= 0.3 is 0 Å². The molecule has 5 nitrogen and oxygen atoms in total. The molecule has 0 radical (unpaired) electrons. The van der Waals surface area contributed by atoms with E-state index >= 15 is 0 Å². The Bertz CT molecular complexity index is 589.